The van der Waals surface area contributed by atoms with Crippen LogP contribution in [0.5, 0.6) is 0 Å². The molecule has 2 saturated heterocycles. The maximum atomic E-state index is 12.4. The highest BCUT2D eigenvalue weighted by Crippen LogP contribution is 2.71. The maximum Gasteiger partial charge on any atom is 0.490 e. The lowest BCUT2D eigenvalue weighted by molar-refractivity contribution is -0.0467. The minimum Gasteiger partial charge on any atom is -0.390 e. The number of nitrogens with two attached hydrogens (primary N) is 2. The van der Waals surface area contributed by atoms with Crippen molar-refractivity contribution in [3.63, 3.8) is 0 Å². The maximum absolute atomic E-state index is 12.4. The Morgan fingerprint density at radius 3 is 2.10 bits per heavy atom. The van der Waals surface area contributed by atoms with E-state index >= 15 is 0 Å². The van der Waals surface area contributed by atoms with Crippen LogP contribution in [0.25, 0.3) is 11.2 Å². The minimum absolute atomic E-state index is 0.0728. The SMILES string of the molecule is CC1C(O)[C@@H](COP(=O)(O)OP(=O)(O)OP(=O)(O)OP(=O)(O)OC[C@H]2O[C@@H](n3cnc4c(N)ncnc43)CC2O)O[C@H]1n1ccc(N)nc1=O. The van der Waals surface area contributed by atoms with Crippen molar-refractivity contribution in [1.82, 2.24) is 29.1 Å². The number of aliphatic hydroxyl groups excluding tert-OH is 2. The predicted octanol–water partition coefficient (Wildman–Crippen LogP) is -0.725. The largest absolute Gasteiger partial charge is 0.490 e. The lowest BCUT2D eigenvalue weighted by Crippen LogP contribution is -2.31. The lowest BCUT2D eigenvalue weighted by atomic mass is 10.0. The average Bonchev–Trinajstić information content (AvgIpc) is 3.65. The predicted molar refractivity (Wildman–Crippen MR) is 161 cm³/mol. The number of nitrogen functional groups attached to an aromatic ring is 2. The molecule has 11 atom stereocenters. The fraction of sp³-hybridized carbons (Fsp3) is 0.550. The summed E-state index contributed by atoms with van der Waals surface area (Å²) in [6, 6.07) is 1.27. The molecule has 0 radical (unpaired) electrons. The molecule has 3 aromatic heterocycles. The number of aliphatic hydroxyl groups is 2. The summed E-state index contributed by atoms with van der Waals surface area (Å²) in [5.74, 6) is -0.832. The van der Waals surface area contributed by atoms with Crippen LogP contribution in [-0.4, -0.2) is 96.5 Å². The first-order valence-corrected chi connectivity index (χ1v) is 19.8. The monoisotopic (exact) mass is 794 g/mol. The van der Waals surface area contributed by atoms with Gasteiger partial charge in [-0.3, -0.25) is 18.2 Å². The van der Waals surface area contributed by atoms with Gasteiger partial charge in [-0.1, -0.05) is 6.92 Å². The molecule has 2 fully saturated rings. The number of nitrogens with zero attached hydrogens (tertiary/aromatic N) is 6. The summed E-state index contributed by atoms with van der Waals surface area (Å²) in [6.45, 7) is -0.463. The van der Waals surface area contributed by atoms with Crippen LogP contribution >= 0.6 is 31.3 Å². The Balaban J connectivity index is 1.12. The molecule has 10 N–H and O–H groups in total. The lowest BCUT2D eigenvalue weighted by Gasteiger charge is -2.21. The molecule has 7 unspecified atom stereocenters. The van der Waals surface area contributed by atoms with Crippen LogP contribution in [0.4, 0.5) is 11.6 Å². The smallest absolute Gasteiger partial charge is 0.390 e. The molecule has 30 heteroatoms. The van der Waals surface area contributed by atoms with Gasteiger partial charge in [0.25, 0.3) is 0 Å². The zero-order valence-electron chi connectivity index (χ0n) is 25.2. The van der Waals surface area contributed by atoms with E-state index in [4.69, 9.17) is 20.9 Å². The average molecular weight is 794 g/mol. The molecule has 2 aliphatic heterocycles. The van der Waals surface area contributed by atoms with E-state index in [1.807, 2.05) is 0 Å². The van der Waals surface area contributed by atoms with Crippen LogP contribution in [-0.2, 0) is 49.7 Å². The van der Waals surface area contributed by atoms with Crippen LogP contribution in [0.3, 0.4) is 0 Å². The second-order valence-corrected chi connectivity index (χ2v) is 16.9. The zero-order valence-corrected chi connectivity index (χ0v) is 28.8. The molecule has 0 spiro atoms. The summed E-state index contributed by atoms with van der Waals surface area (Å²) in [7, 11) is -23.6. The van der Waals surface area contributed by atoms with Gasteiger partial charge in [0.05, 0.1) is 31.7 Å². The van der Waals surface area contributed by atoms with Crippen LogP contribution in [0, 0.1) is 5.92 Å². The van der Waals surface area contributed by atoms with E-state index in [9.17, 15) is 52.8 Å². The molecule has 5 rings (SSSR count). The van der Waals surface area contributed by atoms with E-state index in [-0.39, 0.29) is 29.2 Å². The number of fused-ring (bicyclic) bond motifs is 1. The zero-order chi connectivity index (χ0) is 36.8. The van der Waals surface area contributed by atoms with E-state index in [0.717, 1.165) is 10.9 Å². The quantitative estimate of drug-likeness (QED) is 0.0933. The summed E-state index contributed by atoms with van der Waals surface area (Å²) in [6.07, 6.45) is -3.95. The summed E-state index contributed by atoms with van der Waals surface area (Å²) in [4.78, 5) is 67.1. The van der Waals surface area contributed by atoms with E-state index in [1.54, 1.807) is 0 Å². The number of imidazole rings is 1. The van der Waals surface area contributed by atoms with Crippen LogP contribution < -0.4 is 17.2 Å². The number of phosphoric acid groups is 4. The van der Waals surface area contributed by atoms with Crippen molar-refractivity contribution in [1.29, 1.82) is 0 Å². The number of phosphoric ester groups is 2. The van der Waals surface area contributed by atoms with Gasteiger partial charge >= 0.3 is 37.0 Å². The molecular formula is C20H30N8O18P4. The molecule has 0 aromatic carbocycles. The number of rotatable bonds is 14. The number of ether oxygens (including phenoxy) is 2. The summed E-state index contributed by atoms with van der Waals surface area (Å²) in [5, 5.41) is 20.8. The van der Waals surface area contributed by atoms with Gasteiger partial charge in [-0.15, -0.1) is 0 Å². The molecule has 5 heterocycles. The first kappa shape index (κ1) is 38.7. The third-order valence-electron chi connectivity index (χ3n) is 7.13. The highest BCUT2D eigenvalue weighted by Gasteiger charge is 2.48. The molecule has 2 aliphatic rings. The minimum atomic E-state index is -6.12. The van der Waals surface area contributed by atoms with Crippen molar-refractivity contribution in [2.75, 3.05) is 24.7 Å². The van der Waals surface area contributed by atoms with Gasteiger partial charge < -0.3 is 50.7 Å². The highest BCUT2D eigenvalue weighted by atomic mass is 31.3. The van der Waals surface area contributed by atoms with Crippen molar-refractivity contribution in [2.45, 2.75) is 50.2 Å². The van der Waals surface area contributed by atoms with Gasteiger partial charge in [-0.25, -0.2) is 38.0 Å². The summed E-state index contributed by atoms with van der Waals surface area (Å²) in [5.41, 5.74) is 10.8. The summed E-state index contributed by atoms with van der Waals surface area (Å²) < 4.78 is 83.6. The highest BCUT2D eigenvalue weighted by molar-refractivity contribution is 7.69. The Hall–Kier alpha value is -2.57. The van der Waals surface area contributed by atoms with Crippen molar-refractivity contribution >= 4 is 54.1 Å². The fourth-order valence-electron chi connectivity index (χ4n) is 4.89. The molecular weight excluding hydrogens is 764 g/mol. The Kier molecular flexibility index (Phi) is 11.2. The normalized spacial score (nSPS) is 30.4. The molecule has 0 saturated carbocycles. The van der Waals surface area contributed by atoms with Gasteiger partial charge in [0, 0.05) is 18.5 Å². The van der Waals surface area contributed by atoms with Crippen molar-refractivity contribution in [3.05, 3.63) is 35.4 Å². The van der Waals surface area contributed by atoms with Gasteiger partial charge in [0.1, 0.15) is 42.3 Å². The van der Waals surface area contributed by atoms with Crippen LogP contribution in [0.1, 0.15) is 25.8 Å². The third kappa shape index (κ3) is 9.07. The standard InChI is InChI=1S/C20H30N8O18P4/c1-9-16(30)12(43-19(9)27-3-2-13(21)26-20(27)31)6-41-48(34,35)45-50(38,39)46-49(36,37)44-47(32,33)40-5-11-10(29)4-14(42-11)28-8-25-15-17(22)23-7-24-18(15)28/h2-3,7-12,14,16,19,29-30H,4-6H2,1H3,(H,32,33)(H,34,35)(H,36,37)(H,38,39)(H2,21,26,31)(H2,22,23,24)/t9?,10?,11-,12-,14-,16?,19-/m1/s1. The first-order valence-electron chi connectivity index (χ1n) is 13.8. The van der Waals surface area contributed by atoms with Gasteiger partial charge in [0.15, 0.2) is 11.5 Å². The third-order valence-corrected chi connectivity index (χ3v) is 13.0. The first-order chi connectivity index (χ1) is 23.2. The molecule has 0 bridgehead atoms. The topological polar surface area (TPSA) is 385 Å². The van der Waals surface area contributed by atoms with Gasteiger partial charge in [-0.05, 0) is 6.07 Å². The van der Waals surface area contributed by atoms with Crippen LogP contribution in [0.15, 0.2) is 29.7 Å². The second-order valence-electron chi connectivity index (χ2n) is 10.7. The number of hydrogen-bond donors (Lipinski definition) is 8. The molecule has 26 nitrogen and oxygen atoms in total. The van der Waals surface area contributed by atoms with E-state index in [1.165, 1.54) is 30.1 Å². The Morgan fingerprint density at radius 2 is 1.48 bits per heavy atom. The van der Waals surface area contributed by atoms with E-state index in [2.05, 4.69) is 41.9 Å². The fourth-order valence-corrected chi connectivity index (χ4v) is 9.84. The molecule has 0 amide bonds. The molecule has 0 aliphatic carbocycles. The van der Waals surface area contributed by atoms with Crippen molar-refractivity contribution in [2.24, 2.45) is 5.92 Å². The Morgan fingerprint density at radius 1 is 0.880 bits per heavy atom. The van der Waals surface area contributed by atoms with E-state index < -0.39 is 93.0 Å². The molecule has 50 heavy (non-hydrogen) atoms. The number of hydrogen-bond acceptors (Lipinski definition) is 20. The molecule has 3 aromatic rings. The Labute approximate surface area is 279 Å². The number of aromatic nitrogens is 6. The second kappa shape index (κ2) is 14.5. The van der Waals surface area contributed by atoms with Gasteiger partial charge in [-0.2, -0.15) is 17.9 Å². The van der Waals surface area contributed by atoms with Gasteiger partial charge in [0.2, 0.25) is 0 Å². The number of anilines is 2. The summed E-state index contributed by atoms with van der Waals surface area (Å²) >= 11 is 0. The van der Waals surface area contributed by atoms with Crippen molar-refractivity contribution in [3.8, 4) is 0 Å². The molecule has 278 valence electrons. The van der Waals surface area contributed by atoms with E-state index in [0.29, 0.717) is 0 Å². The Bertz CT molecular complexity index is 1980. The van der Waals surface area contributed by atoms with Crippen LogP contribution in [0.2, 0.25) is 0 Å². The van der Waals surface area contributed by atoms with Crippen molar-refractivity contribution < 1.29 is 79.5 Å².